The van der Waals surface area contributed by atoms with Gasteiger partial charge >= 0.3 is 11.9 Å². The number of nitrogens with one attached hydrogen (secondary N) is 2. The third-order valence-electron chi connectivity index (χ3n) is 5.69. The number of amides is 3. The molecule has 0 bridgehead atoms. The molecule has 2 aliphatic rings. The molecule has 5 rings (SSSR count). The van der Waals surface area contributed by atoms with Crippen LogP contribution < -0.4 is 15.5 Å². The van der Waals surface area contributed by atoms with E-state index in [1.54, 1.807) is 0 Å². The molecule has 1 aromatic heterocycles. The van der Waals surface area contributed by atoms with Crippen LogP contribution in [0.3, 0.4) is 0 Å². The second-order valence-corrected chi connectivity index (χ2v) is 7.07. The Bertz CT molecular complexity index is 1090. The van der Waals surface area contributed by atoms with Gasteiger partial charge in [-0.05, 0) is 30.7 Å². The Morgan fingerprint density at radius 1 is 1.22 bits per heavy atom. The molecule has 6 nitrogen and oxygen atoms in total. The van der Waals surface area contributed by atoms with E-state index in [2.05, 4.69) is 21.7 Å². The topological polar surface area (TPSA) is 81.8 Å². The molecule has 1 atom stereocenters. The van der Waals surface area contributed by atoms with E-state index in [1.165, 1.54) is 10.5 Å². The van der Waals surface area contributed by atoms with E-state index < -0.39 is 5.54 Å². The first kappa shape index (κ1) is 16.1. The van der Waals surface area contributed by atoms with Gasteiger partial charge in [0.2, 0.25) is 5.54 Å². The van der Waals surface area contributed by atoms with Crippen LogP contribution in [0.25, 0.3) is 10.9 Å². The first-order valence-corrected chi connectivity index (χ1v) is 9.34. The molecule has 0 aliphatic carbocycles. The van der Waals surface area contributed by atoms with Crippen molar-refractivity contribution in [2.24, 2.45) is 0 Å². The molecule has 2 aromatic carbocycles. The Morgan fingerprint density at radius 3 is 2.85 bits per heavy atom. The van der Waals surface area contributed by atoms with Gasteiger partial charge in [-0.3, -0.25) is 4.79 Å². The first-order chi connectivity index (χ1) is 13.2. The van der Waals surface area contributed by atoms with Crippen LogP contribution >= 0.6 is 0 Å². The number of aromatic nitrogens is 1. The number of rotatable bonds is 1. The van der Waals surface area contributed by atoms with E-state index in [4.69, 9.17) is 0 Å². The quantitative estimate of drug-likeness (QED) is 0.615. The van der Waals surface area contributed by atoms with Gasteiger partial charge < -0.3 is 15.6 Å². The molecular weight excluding hydrogens is 340 g/mol. The number of fused-ring (bicyclic) bond motifs is 6. The highest BCUT2D eigenvalue weighted by Gasteiger charge is 2.60. The van der Waals surface area contributed by atoms with Crippen LogP contribution in [0.1, 0.15) is 23.7 Å². The summed E-state index contributed by atoms with van der Waals surface area (Å²) in [5.41, 5.74) is 3.70. The molecule has 0 fully saturated rings. The first-order valence-electron chi connectivity index (χ1n) is 9.34. The van der Waals surface area contributed by atoms with Crippen molar-refractivity contribution in [1.82, 2.24) is 10.3 Å². The number of imide groups is 1. The molecule has 27 heavy (non-hydrogen) atoms. The number of aromatic amines is 1. The van der Waals surface area contributed by atoms with Gasteiger partial charge in [0.1, 0.15) is 0 Å². The second kappa shape index (κ2) is 5.69. The lowest BCUT2D eigenvalue weighted by Crippen LogP contribution is -2.99. The van der Waals surface area contributed by atoms with Crippen molar-refractivity contribution >= 4 is 28.5 Å². The summed E-state index contributed by atoms with van der Waals surface area (Å²) in [6, 6.07) is 15.4. The number of urea groups is 1. The van der Waals surface area contributed by atoms with Crippen LogP contribution in [0.15, 0.2) is 48.5 Å². The van der Waals surface area contributed by atoms with Crippen molar-refractivity contribution in [3.8, 4) is 0 Å². The lowest BCUT2D eigenvalue weighted by molar-refractivity contribution is -0.714. The molecule has 3 aromatic rings. The van der Waals surface area contributed by atoms with Crippen molar-refractivity contribution in [3.63, 3.8) is 0 Å². The third kappa shape index (κ3) is 1.99. The van der Waals surface area contributed by atoms with Crippen molar-refractivity contribution < 1.29 is 14.9 Å². The zero-order valence-corrected chi connectivity index (χ0v) is 15.1. The van der Waals surface area contributed by atoms with Gasteiger partial charge in [-0.1, -0.05) is 30.3 Å². The SMILES string of the molecule is CCNC(=O)N1C(=O)[C@@]2([NH2+]CCc3c2[nH]c2ccccc32)c2ccccc21. The maximum atomic E-state index is 13.7. The number of hydrogen-bond acceptors (Lipinski definition) is 2. The summed E-state index contributed by atoms with van der Waals surface area (Å²) in [4.78, 5) is 31.2. The van der Waals surface area contributed by atoms with E-state index >= 15 is 0 Å². The number of para-hydroxylation sites is 2. The van der Waals surface area contributed by atoms with Gasteiger partial charge in [-0.2, -0.15) is 0 Å². The lowest BCUT2D eigenvalue weighted by atomic mass is 9.82. The maximum absolute atomic E-state index is 13.7. The summed E-state index contributed by atoms with van der Waals surface area (Å²) < 4.78 is 0. The normalized spacial score (nSPS) is 20.8. The van der Waals surface area contributed by atoms with Gasteiger partial charge in [0, 0.05) is 23.9 Å². The van der Waals surface area contributed by atoms with Crippen LogP contribution in [0, 0.1) is 0 Å². The fraction of sp³-hybridized carbons (Fsp3) is 0.238. The standard InChI is InChI=1S/C21H20N4O2/c1-2-22-20(27)25-17-10-6-4-8-15(17)21(19(25)26)18-14(11-12-23-21)13-7-3-5-9-16(13)24-18/h3-10,23-24H,2,11-12H2,1H3,(H,22,27)/p+1/t21-/m1/s1. The van der Waals surface area contributed by atoms with Gasteiger partial charge in [0.25, 0.3) is 0 Å². The molecule has 0 saturated heterocycles. The van der Waals surface area contributed by atoms with Crippen molar-refractivity contribution in [2.75, 3.05) is 18.0 Å². The molecule has 136 valence electrons. The molecule has 4 N–H and O–H groups in total. The number of H-pyrrole nitrogens is 1. The summed E-state index contributed by atoms with van der Waals surface area (Å²) in [5.74, 6) is -0.206. The van der Waals surface area contributed by atoms with Gasteiger partial charge in [0.15, 0.2) is 0 Å². The molecule has 0 unspecified atom stereocenters. The highest BCUT2D eigenvalue weighted by Crippen LogP contribution is 2.45. The highest BCUT2D eigenvalue weighted by atomic mass is 16.2. The van der Waals surface area contributed by atoms with E-state index in [9.17, 15) is 9.59 Å². The van der Waals surface area contributed by atoms with E-state index in [-0.39, 0.29) is 11.9 Å². The van der Waals surface area contributed by atoms with Crippen LogP contribution in [0.2, 0.25) is 0 Å². The summed E-state index contributed by atoms with van der Waals surface area (Å²) in [5, 5.41) is 6.00. The average molecular weight is 361 g/mol. The second-order valence-electron chi connectivity index (χ2n) is 7.07. The minimum absolute atomic E-state index is 0.206. The molecule has 6 heteroatoms. The van der Waals surface area contributed by atoms with Crippen LogP contribution in [0.4, 0.5) is 10.5 Å². The number of quaternary nitrogens is 1. The third-order valence-corrected chi connectivity index (χ3v) is 5.69. The molecular formula is C21H21N4O2+. The number of anilines is 1. The number of hydrogen-bond donors (Lipinski definition) is 3. The molecule has 2 aliphatic heterocycles. The summed E-state index contributed by atoms with van der Waals surface area (Å²) >= 11 is 0. The van der Waals surface area contributed by atoms with Crippen molar-refractivity contribution in [1.29, 1.82) is 0 Å². The molecule has 3 amide bonds. The Balaban J connectivity index is 1.79. The maximum Gasteiger partial charge on any atom is 0.328 e. The number of nitrogens with zero attached hydrogens (tertiary/aromatic N) is 1. The number of nitrogens with two attached hydrogens (primary N) is 1. The van der Waals surface area contributed by atoms with E-state index in [1.807, 2.05) is 49.4 Å². The molecule has 3 heterocycles. The number of carbonyl (C=O) groups excluding carboxylic acids is 2. The monoisotopic (exact) mass is 361 g/mol. The van der Waals surface area contributed by atoms with E-state index in [0.717, 1.165) is 35.1 Å². The smallest absolute Gasteiger partial charge is 0.328 e. The summed E-state index contributed by atoms with van der Waals surface area (Å²) in [6.07, 6.45) is 0.887. The highest BCUT2D eigenvalue weighted by molar-refractivity contribution is 6.23. The Labute approximate surface area is 156 Å². The van der Waals surface area contributed by atoms with Crippen molar-refractivity contribution in [3.05, 3.63) is 65.4 Å². The molecule has 0 radical (unpaired) electrons. The fourth-order valence-corrected chi connectivity index (χ4v) is 4.61. The zero-order valence-electron chi connectivity index (χ0n) is 15.1. The summed E-state index contributed by atoms with van der Waals surface area (Å²) in [6.45, 7) is 3.11. The van der Waals surface area contributed by atoms with Crippen molar-refractivity contribution in [2.45, 2.75) is 18.9 Å². The predicted octanol–water partition coefficient (Wildman–Crippen LogP) is 1.61. The molecule has 0 saturated carbocycles. The number of benzene rings is 2. The van der Waals surface area contributed by atoms with Gasteiger partial charge in [-0.25, -0.2) is 9.69 Å². The average Bonchev–Trinajstić information content (AvgIpc) is 3.18. The Kier molecular flexibility index (Phi) is 3.39. The minimum Gasteiger partial charge on any atom is -0.352 e. The zero-order chi connectivity index (χ0) is 18.6. The number of carbonyl (C=O) groups is 2. The van der Waals surface area contributed by atoms with E-state index in [0.29, 0.717) is 12.2 Å². The largest absolute Gasteiger partial charge is 0.352 e. The minimum atomic E-state index is -0.936. The molecule has 1 spiro atoms. The Morgan fingerprint density at radius 2 is 2.00 bits per heavy atom. The van der Waals surface area contributed by atoms with Crippen LogP contribution in [-0.4, -0.2) is 30.0 Å². The van der Waals surface area contributed by atoms with Gasteiger partial charge in [-0.15, -0.1) is 0 Å². The Hall–Kier alpha value is -3.12. The lowest BCUT2D eigenvalue weighted by Gasteiger charge is -2.30. The summed E-state index contributed by atoms with van der Waals surface area (Å²) in [7, 11) is 0. The van der Waals surface area contributed by atoms with Crippen LogP contribution in [0.5, 0.6) is 0 Å². The predicted molar refractivity (Wildman–Crippen MR) is 103 cm³/mol. The fourth-order valence-electron chi connectivity index (χ4n) is 4.61. The van der Waals surface area contributed by atoms with Crippen LogP contribution in [-0.2, 0) is 16.8 Å². The van der Waals surface area contributed by atoms with Gasteiger partial charge in [0.05, 0.1) is 23.5 Å².